The summed E-state index contributed by atoms with van der Waals surface area (Å²) in [5.41, 5.74) is 1.02. The Labute approximate surface area is 196 Å². The molecule has 1 atom stereocenters. The molecule has 4 rings (SSSR count). The molecule has 3 aromatic rings. The van der Waals surface area contributed by atoms with Crippen molar-refractivity contribution in [3.05, 3.63) is 86.8 Å². The van der Waals surface area contributed by atoms with Crippen LogP contribution in [0.5, 0.6) is 0 Å². The molecule has 0 spiro atoms. The third kappa shape index (κ3) is 5.22. The van der Waals surface area contributed by atoms with E-state index in [0.29, 0.717) is 12.2 Å². The first-order chi connectivity index (χ1) is 15.3. The lowest BCUT2D eigenvalue weighted by Crippen LogP contribution is -2.47. The highest BCUT2D eigenvalue weighted by atomic mass is 35.5. The average Bonchev–Trinajstić information content (AvgIpc) is 2.78. The lowest BCUT2D eigenvalue weighted by atomic mass is 10.1. The van der Waals surface area contributed by atoms with Crippen LogP contribution in [0.2, 0.25) is 10.0 Å². The quantitative estimate of drug-likeness (QED) is 0.569. The van der Waals surface area contributed by atoms with Crippen LogP contribution in [0, 0.1) is 0 Å². The molecule has 32 heavy (non-hydrogen) atoms. The van der Waals surface area contributed by atoms with Crippen LogP contribution in [0.25, 0.3) is 5.69 Å². The van der Waals surface area contributed by atoms with E-state index in [1.807, 2.05) is 18.2 Å². The number of halogens is 2. The Morgan fingerprint density at radius 1 is 1.06 bits per heavy atom. The zero-order valence-electron chi connectivity index (χ0n) is 17.1. The number of piperidine rings is 1. The molecule has 168 valence electrons. The molecule has 0 saturated carbocycles. The number of aromatic nitrogens is 2. The summed E-state index contributed by atoms with van der Waals surface area (Å²) in [6, 6.07) is 15.9. The van der Waals surface area contributed by atoms with Gasteiger partial charge in [0.1, 0.15) is 5.02 Å². The Kier molecular flexibility index (Phi) is 6.97. The van der Waals surface area contributed by atoms with Gasteiger partial charge in [-0.25, -0.2) is 13.1 Å². The molecule has 1 saturated heterocycles. The molecule has 2 heterocycles. The van der Waals surface area contributed by atoms with Crippen molar-refractivity contribution in [1.82, 2.24) is 19.4 Å². The van der Waals surface area contributed by atoms with Gasteiger partial charge in [-0.2, -0.15) is 9.78 Å². The second-order valence-corrected chi connectivity index (χ2v) is 10.2. The summed E-state index contributed by atoms with van der Waals surface area (Å²) in [6.45, 7) is 2.38. The number of likely N-dealkylation sites (tertiary alicyclic amines) is 1. The Hall–Kier alpha value is -2.23. The molecule has 1 aliphatic heterocycles. The average molecular weight is 493 g/mol. The third-order valence-corrected chi connectivity index (χ3v) is 7.63. The van der Waals surface area contributed by atoms with Gasteiger partial charge in [0.05, 0.1) is 21.8 Å². The van der Waals surface area contributed by atoms with E-state index in [1.165, 1.54) is 36.0 Å². The van der Waals surface area contributed by atoms with E-state index in [0.717, 1.165) is 30.6 Å². The van der Waals surface area contributed by atoms with E-state index in [9.17, 15) is 13.2 Å². The van der Waals surface area contributed by atoms with E-state index in [4.69, 9.17) is 23.2 Å². The predicted octanol–water partition coefficient (Wildman–Crippen LogP) is 3.48. The second-order valence-electron chi connectivity index (χ2n) is 7.70. The van der Waals surface area contributed by atoms with Crippen LogP contribution >= 0.6 is 23.2 Å². The standard InChI is InChI=1S/C22H22Cl2N4O3S/c23-20-13-25-28(22(29)21(20)24)18-8-10-19(11-9-18)32(30,31)26-17-7-4-12-27(15-17)14-16-5-2-1-3-6-16/h1-3,5-6,8-11,13,17,26H,4,7,12,14-15H2. The molecule has 0 amide bonds. The van der Waals surface area contributed by atoms with Crippen molar-refractivity contribution < 1.29 is 8.42 Å². The molecule has 10 heteroatoms. The maximum absolute atomic E-state index is 12.9. The second kappa shape index (κ2) is 9.72. The molecule has 0 radical (unpaired) electrons. The van der Waals surface area contributed by atoms with E-state index in [1.54, 1.807) is 0 Å². The molecule has 1 N–H and O–H groups in total. The lowest BCUT2D eigenvalue weighted by molar-refractivity contribution is 0.194. The molecule has 1 aromatic heterocycles. The topological polar surface area (TPSA) is 84.3 Å². The number of nitrogens with one attached hydrogen (secondary N) is 1. The van der Waals surface area contributed by atoms with Crippen molar-refractivity contribution in [2.24, 2.45) is 0 Å². The first kappa shape index (κ1) is 22.9. The van der Waals surface area contributed by atoms with Crippen LogP contribution in [0.4, 0.5) is 0 Å². The molecule has 1 unspecified atom stereocenters. The van der Waals surface area contributed by atoms with Gasteiger partial charge < -0.3 is 0 Å². The van der Waals surface area contributed by atoms with Crippen molar-refractivity contribution in [2.45, 2.75) is 30.3 Å². The Morgan fingerprint density at radius 2 is 1.78 bits per heavy atom. The van der Waals surface area contributed by atoms with E-state index >= 15 is 0 Å². The first-order valence-electron chi connectivity index (χ1n) is 10.2. The van der Waals surface area contributed by atoms with Crippen molar-refractivity contribution in [3.8, 4) is 5.69 Å². The molecule has 0 bridgehead atoms. The number of benzene rings is 2. The van der Waals surface area contributed by atoms with E-state index in [2.05, 4.69) is 26.9 Å². The van der Waals surface area contributed by atoms with Crippen molar-refractivity contribution in [2.75, 3.05) is 13.1 Å². The van der Waals surface area contributed by atoms with Gasteiger partial charge in [0.25, 0.3) is 5.56 Å². The van der Waals surface area contributed by atoms with Gasteiger partial charge in [-0.15, -0.1) is 0 Å². The number of sulfonamides is 1. The van der Waals surface area contributed by atoms with Crippen LogP contribution in [0.15, 0.2) is 70.5 Å². The molecule has 1 aliphatic rings. The molecular formula is C22H22Cl2N4O3S. The molecule has 7 nitrogen and oxygen atoms in total. The molecular weight excluding hydrogens is 471 g/mol. The fourth-order valence-corrected chi connectivity index (χ4v) is 5.30. The highest BCUT2D eigenvalue weighted by Gasteiger charge is 2.25. The van der Waals surface area contributed by atoms with Crippen molar-refractivity contribution in [1.29, 1.82) is 0 Å². The van der Waals surface area contributed by atoms with Crippen LogP contribution in [0.1, 0.15) is 18.4 Å². The minimum Gasteiger partial charge on any atom is -0.298 e. The predicted molar refractivity (Wildman–Crippen MR) is 125 cm³/mol. The SMILES string of the molecule is O=c1c(Cl)c(Cl)cnn1-c1ccc(S(=O)(=O)NC2CCCN(Cc3ccccc3)C2)cc1. The van der Waals surface area contributed by atoms with Gasteiger partial charge in [0.15, 0.2) is 0 Å². The largest absolute Gasteiger partial charge is 0.298 e. The number of hydrogen-bond acceptors (Lipinski definition) is 5. The van der Waals surface area contributed by atoms with Gasteiger partial charge in [-0.05, 0) is 49.2 Å². The minimum absolute atomic E-state index is 0.0603. The summed E-state index contributed by atoms with van der Waals surface area (Å²) in [6.07, 6.45) is 2.97. The first-order valence-corrected chi connectivity index (χ1v) is 12.4. The summed E-state index contributed by atoms with van der Waals surface area (Å²) in [5.74, 6) is 0. The van der Waals surface area contributed by atoms with Crippen LogP contribution in [-0.2, 0) is 16.6 Å². The highest BCUT2D eigenvalue weighted by molar-refractivity contribution is 7.89. The number of rotatable bonds is 6. The molecule has 0 aliphatic carbocycles. The van der Waals surface area contributed by atoms with Gasteiger partial charge in [0, 0.05) is 19.1 Å². The van der Waals surface area contributed by atoms with Gasteiger partial charge in [-0.3, -0.25) is 9.69 Å². The summed E-state index contributed by atoms with van der Waals surface area (Å²) in [5, 5.41) is 3.87. The summed E-state index contributed by atoms with van der Waals surface area (Å²) < 4.78 is 29.7. The van der Waals surface area contributed by atoms with Gasteiger partial charge in [-0.1, -0.05) is 53.5 Å². The zero-order valence-corrected chi connectivity index (χ0v) is 19.4. The number of hydrogen-bond donors (Lipinski definition) is 1. The van der Waals surface area contributed by atoms with E-state index in [-0.39, 0.29) is 21.0 Å². The normalized spacial score (nSPS) is 17.4. The summed E-state index contributed by atoms with van der Waals surface area (Å²) in [7, 11) is -3.71. The third-order valence-electron chi connectivity index (χ3n) is 5.34. The van der Waals surface area contributed by atoms with Gasteiger partial charge >= 0.3 is 0 Å². The zero-order chi connectivity index (χ0) is 22.7. The Bertz CT molecular complexity index is 1250. The van der Waals surface area contributed by atoms with Crippen LogP contribution < -0.4 is 10.3 Å². The maximum atomic E-state index is 12.9. The smallest absolute Gasteiger partial charge is 0.291 e. The minimum atomic E-state index is -3.71. The summed E-state index contributed by atoms with van der Waals surface area (Å²) in [4.78, 5) is 14.6. The fourth-order valence-electron chi connectivity index (χ4n) is 3.79. The van der Waals surface area contributed by atoms with Crippen LogP contribution in [0.3, 0.4) is 0 Å². The lowest BCUT2D eigenvalue weighted by Gasteiger charge is -2.33. The molecule has 1 fully saturated rings. The maximum Gasteiger partial charge on any atom is 0.291 e. The monoisotopic (exact) mass is 492 g/mol. The van der Waals surface area contributed by atoms with Gasteiger partial charge in [0.2, 0.25) is 10.0 Å². The van der Waals surface area contributed by atoms with Crippen molar-refractivity contribution >= 4 is 33.2 Å². The van der Waals surface area contributed by atoms with E-state index < -0.39 is 15.6 Å². The number of nitrogens with zero attached hydrogens (tertiary/aromatic N) is 3. The fraction of sp³-hybridized carbons (Fsp3) is 0.273. The highest BCUT2D eigenvalue weighted by Crippen LogP contribution is 2.19. The Balaban J connectivity index is 1.45. The summed E-state index contributed by atoms with van der Waals surface area (Å²) >= 11 is 11.7. The van der Waals surface area contributed by atoms with Crippen molar-refractivity contribution in [3.63, 3.8) is 0 Å². The van der Waals surface area contributed by atoms with Crippen LogP contribution in [-0.4, -0.2) is 42.2 Å². The Morgan fingerprint density at radius 3 is 2.50 bits per heavy atom. The molecule has 2 aromatic carbocycles.